The molecule has 4 unspecified atom stereocenters. The number of hydrogen-bond acceptors (Lipinski definition) is 4. The fraction of sp³-hybridized carbons (Fsp3) is 0.957. The largest absolute Gasteiger partial charge is 0.393 e. The molecule has 0 heterocycles. The van der Waals surface area contributed by atoms with Crippen LogP contribution in [0, 0.1) is 40.4 Å². The van der Waals surface area contributed by atoms with Crippen LogP contribution < -0.4 is 5.73 Å². The molecular formula is C23H39NO3. The molecule has 4 N–H and O–H groups in total. The molecular weight excluding hydrogens is 338 g/mol. The van der Waals surface area contributed by atoms with Crippen LogP contribution in [0.5, 0.6) is 0 Å². The molecule has 4 aliphatic carbocycles. The van der Waals surface area contributed by atoms with Gasteiger partial charge in [-0.15, -0.1) is 0 Å². The molecule has 4 rings (SSSR count). The fourth-order valence-corrected chi connectivity index (χ4v) is 8.57. The van der Waals surface area contributed by atoms with Gasteiger partial charge in [-0.1, -0.05) is 20.8 Å². The van der Waals surface area contributed by atoms with E-state index in [4.69, 9.17) is 5.73 Å². The van der Waals surface area contributed by atoms with Gasteiger partial charge in [0.2, 0.25) is 0 Å². The first kappa shape index (κ1) is 19.8. The Morgan fingerprint density at radius 1 is 1.11 bits per heavy atom. The SMILES string of the molecule is CC(CC=O)[C@H]1CCC2(N)[C@H]3C(CC[C@]12C)[C@@]1(C)CCC(O)C[C@H]1C[C@@H]3O. The van der Waals surface area contributed by atoms with Crippen molar-refractivity contribution in [3.63, 3.8) is 0 Å². The average molecular weight is 378 g/mol. The minimum atomic E-state index is -0.358. The molecule has 154 valence electrons. The van der Waals surface area contributed by atoms with Crippen molar-refractivity contribution in [3.05, 3.63) is 0 Å². The molecule has 4 heteroatoms. The van der Waals surface area contributed by atoms with Crippen LogP contribution in [0.2, 0.25) is 0 Å². The van der Waals surface area contributed by atoms with E-state index in [0.29, 0.717) is 30.1 Å². The van der Waals surface area contributed by atoms with Crippen LogP contribution in [0.1, 0.15) is 78.6 Å². The second kappa shape index (κ2) is 6.53. The Morgan fingerprint density at radius 3 is 2.56 bits per heavy atom. The average Bonchev–Trinajstić information content (AvgIpc) is 2.88. The highest BCUT2D eigenvalue weighted by Crippen LogP contribution is 2.69. The maximum atomic E-state index is 11.3. The molecule has 4 aliphatic rings. The summed E-state index contributed by atoms with van der Waals surface area (Å²) in [5.74, 6) is 1.86. The Morgan fingerprint density at radius 2 is 1.85 bits per heavy atom. The zero-order chi connectivity index (χ0) is 19.6. The monoisotopic (exact) mass is 377 g/mol. The van der Waals surface area contributed by atoms with Crippen molar-refractivity contribution in [1.29, 1.82) is 0 Å². The number of nitrogens with two attached hydrogens (primary N) is 1. The number of aldehydes is 1. The van der Waals surface area contributed by atoms with Crippen LogP contribution in [0.15, 0.2) is 0 Å². The first-order valence-corrected chi connectivity index (χ1v) is 11.3. The van der Waals surface area contributed by atoms with Gasteiger partial charge in [-0.25, -0.2) is 0 Å². The number of aliphatic hydroxyl groups is 2. The number of carbonyl (C=O) groups excluding carboxylic acids is 1. The van der Waals surface area contributed by atoms with Crippen LogP contribution in [0.4, 0.5) is 0 Å². The molecule has 0 aromatic rings. The zero-order valence-corrected chi connectivity index (χ0v) is 17.4. The lowest BCUT2D eigenvalue weighted by Crippen LogP contribution is -2.70. The van der Waals surface area contributed by atoms with E-state index in [2.05, 4.69) is 20.8 Å². The lowest BCUT2D eigenvalue weighted by molar-refractivity contribution is -0.182. The van der Waals surface area contributed by atoms with Crippen molar-refractivity contribution < 1.29 is 15.0 Å². The van der Waals surface area contributed by atoms with Crippen LogP contribution in [0.25, 0.3) is 0 Å². The Kier molecular flexibility index (Phi) is 4.80. The topological polar surface area (TPSA) is 83.6 Å². The minimum Gasteiger partial charge on any atom is -0.393 e. The van der Waals surface area contributed by atoms with Crippen molar-refractivity contribution >= 4 is 6.29 Å². The van der Waals surface area contributed by atoms with Gasteiger partial charge >= 0.3 is 0 Å². The van der Waals surface area contributed by atoms with Gasteiger partial charge in [-0.2, -0.15) is 0 Å². The Balaban J connectivity index is 1.68. The van der Waals surface area contributed by atoms with Gasteiger partial charge in [0, 0.05) is 17.9 Å². The summed E-state index contributed by atoms with van der Waals surface area (Å²) in [5, 5.41) is 21.5. The Labute approximate surface area is 164 Å². The van der Waals surface area contributed by atoms with E-state index in [1.165, 1.54) is 0 Å². The first-order valence-electron chi connectivity index (χ1n) is 11.3. The normalized spacial score (nSPS) is 55.9. The summed E-state index contributed by atoms with van der Waals surface area (Å²) >= 11 is 0. The molecule has 0 saturated heterocycles. The number of carbonyl (C=O) groups is 1. The summed E-state index contributed by atoms with van der Waals surface area (Å²) < 4.78 is 0. The molecule has 27 heavy (non-hydrogen) atoms. The Hall–Kier alpha value is -0.450. The van der Waals surface area contributed by atoms with E-state index in [1.807, 2.05) is 0 Å². The quantitative estimate of drug-likeness (QED) is 0.659. The van der Waals surface area contributed by atoms with Crippen molar-refractivity contribution in [1.82, 2.24) is 0 Å². The van der Waals surface area contributed by atoms with Gasteiger partial charge in [0.05, 0.1) is 12.2 Å². The van der Waals surface area contributed by atoms with Crippen molar-refractivity contribution in [2.24, 2.45) is 46.2 Å². The van der Waals surface area contributed by atoms with Gasteiger partial charge in [-0.05, 0) is 85.9 Å². The zero-order valence-electron chi connectivity index (χ0n) is 17.4. The predicted octanol–water partition coefficient (Wildman–Crippen LogP) is 3.28. The predicted molar refractivity (Wildman–Crippen MR) is 106 cm³/mol. The molecule has 0 aromatic heterocycles. The number of rotatable bonds is 3. The minimum absolute atomic E-state index is 0.00888. The summed E-state index contributed by atoms with van der Waals surface area (Å²) in [4.78, 5) is 11.1. The highest BCUT2D eigenvalue weighted by atomic mass is 16.3. The molecule has 0 aliphatic heterocycles. The third-order valence-corrected chi connectivity index (χ3v) is 10.2. The van der Waals surface area contributed by atoms with Crippen LogP contribution in [-0.4, -0.2) is 34.2 Å². The molecule has 10 atom stereocenters. The van der Waals surface area contributed by atoms with E-state index in [0.717, 1.165) is 57.7 Å². The Bertz CT molecular complexity index is 596. The molecule has 0 radical (unpaired) electrons. The highest BCUT2D eigenvalue weighted by Gasteiger charge is 2.68. The third-order valence-electron chi connectivity index (χ3n) is 10.2. The van der Waals surface area contributed by atoms with E-state index in [1.54, 1.807) is 0 Å². The summed E-state index contributed by atoms with van der Waals surface area (Å²) in [5.41, 5.74) is 7.15. The molecule has 0 bridgehead atoms. The van der Waals surface area contributed by atoms with Crippen LogP contribution >= 0.6 is 0 Å². The smallest absolute Gasteiger partial charge is 0.120 e. The van der Waals surface area contributed by atoms with E-state index < -0.39 is 0 Å². The van der Waals surface area contributed by atoms with Crippen LogP contribution in [-0.2, 0) is 4.79 Å². The summed E-state index contributed by atoms with van der Waals surface area (Å²) in [6, 6.07) is 0. The van der Waals surface area contributed by atoms with Gasteiger partial charge < -0.3 is 20.7 Å². The van der Waals surface area contributed by atoms with Gasteiger partial charge in [-0.3, -0.25) is 0 Å². The lowest BCUT2D eigenvalue weighted by atomic mass is 9.41. The van der Waals surface area contributed by atoms with E-state index in [9.17, 15) is 15.0 Å². The second-order valence-corrected chi connectivity index (χ2v) is 11.1. The standard InChI is InChI=1S/C23H39NO3/c1-14(7-11-25)17-6-10-23(24)20-18(5-9-22(17,23)3)21(2)8-4-16(26)12-15(21)13-19(20)27/h11,14-20,26-27H,4-10,12-13,24H2,1-3H3/t14?,15-,16?,17+,18?,19-,20-,21-,22+,23?/m0/s1. The maximum absolute atomic E-state index is 11.3. The molecule has 4 nitrogen and oxygen atoms in total. The summed E-state index contributed by atoms with van der Waals surface area (Å²) in [6.45, 7) is 6.98. The van der Waals surface area contributed by atoms with Crippen LogP contribution in [0.3, 0.4) is 0 Å². The third kappa shape index (κ3) is 2.62. The number of aliphatic hydroxyl groups excluding tert-OH is 2. The van der Waals surface area contributed by atoms with Crippen molar-refractivity contribution in [2.45, 2.75) is 96.3 Å². The van der Waals surface area contributed by atoms with Gasteiger partial charge in [0.15, 0.2) is 0 Å². The molecule has 4 saturated carbocycles. The second-order valence-electron chi connectivity index (χ2n) is 11.1. The first-order chi connectivity index (χ1) is 12.7. The molecule has 0 amide bonds. The fourth-order valence-electron chi connectivity index (χ4n) is 8.57. The van der Waals surface area contributed by atoms with Gasteiger partial charge in [0.25, 0.3) is 0 Å². The molecule has 0 aromatic carbocycles. The van der Waals surface area contributed by atoms with Crippen molar-refractivity contribution in [2.75, 3.05) is 0 Å². The summed E-state index contributed by atoms with van der Waals surface area (Å²) in [6.07, 6.45) is 8.98. The molecule has 0 spiro atoms. The lowest BCUT2D eigenvalue weighted by Gasteiger charge is -2.65. The number of fused-ring (bicyclic) bond motifs is 5. The van der Waals surface area contributed by atoms with E-state index >= 15 is 0 Å². The van der Waals surface area contributed by atoms with Gasteiger partial charge in [0.1, 0.15) is 6.29 Å². The molecule has 4 fully saturated rings. The highest BCUT2D eigenvalue weighted by molar-refractivity contribution is 5.49. The summed E-state index contributed by atoms with van der Waals surface area (Å²) in [7, 11) is 0. The van der Waals surface area contributed by atoms with E-state index in [-0.39, 0.29) is 34.5 Å². The number of hydrogen-bond donors (Lipinski definition) is 3. The van der Waals surface area contributed by atoms with Crippen molar-refractivity contribution in [3.8, 4) is 0 Å². The maximum Gasteiger partial charge on any atom is 0.120 e.